The number of aromatic nitrogens is 2. The van der Waals surface area contributed by atoms with Crippen molar-refractivity contribution in [3.8, 4) is 5.75 Å². The van der Waals surface area contributed by atoms with Gasteiger partial charge in [-0.25, -0.2) is 9.78 Å². The SMILES string of the molecule is COc1cc(C(=O)O)nc2[nH]ccc12. The minimum atomic E-state index is -1.07. The first-order valence-electron chi connectivity index (χ1n) is 3.98. The average Bonchev–Trinajstić information content (AvgIpc) is 2.63. The van der Waals surface area contributed by atoms with Crippen LogP contribution in [0.1, 0.15) is 10.5 Å². The van der Waals surface area contributed by atoms with Gasteiger partial charge in [0.1, 0.15) is 11.4 Å². The molecule has 0 saturated heterocycles. The molecule has 14 heavy (non-hydrogen) atoms. The van der Waals surface area contributed by atoms with Gasteiger partial charge in [0, 0.05) is 12.3 Å². The number of aromatic amines is 1. The van der Waals surface area contributed by atoms with E-state index in [1.54, 1.807) is 12.3 Å². The molecule has 0 radical (unpaired) electrons. The second kappa shape index (κ2) is 3.02. The second-order valence-corrected chi connectivity index (χ2v) is 2.75. The van der Waals surface area contributed by atoms with E-state index in [1.165, 1.54) is 13.2 Å². The van der Waals surface area contributed by atoms with E-state index in [1.807, 2.05) is 0 Å². The molecule has 0 saturated carbocycles. The highest BCUT2D eigenvalue weighted by Gasteiger charge is 2.11. The third-order valence-electron chi connectivity index (χ3n) is 1.93. The molecule has 2 N–H and O–H groups in total. The zero-order valence-electron chi connectivity index (χ0n) is 7.44. The van der Waals surface area contributed by atoms with Gasteiger partial charge in [-0.1, -0.05) is 0 Å². The van der Waals surface area contributed by atoms with Gasteiger partial charge < -0.3 is 14.8 Å². The van der Waals surface area contributed by atoms with Crippen molar-refractivity contribution >= 4 is 17.0 Å². The Morgan fingerprint density at radius 3 is 3.07 bits per heavy atom. The molecule has 5 nitrogen and oxygen atoms in total. The number of fused-ring (bicyclic) bond motifs is 1. The Bertz CT molecular complexity index is 490. The van der Waals surface area contributed by atoms with E-state index >= 15 is 0 Å². The zero-order chi connectivity index (χ0) is 10.1. The minimum absolute atomic E-state index is 0.0307. The molecule has 2 aromatic heterocycles. The number of hydrogen-bond donors (Lipinski definition) is 2. The third kappa shape index (κ3) is 1.19. The van der Waals surface area contributed by atoms with E-state index in [0.717, 1.165) is 5.39 Å². The van der Waals surface area contributed by atoms with Gasteiger partial charge in [0.15, 0.2) is 5.69 Å². The Labute approximate surface area is 79.3 Å². The summed E-state index contributed by atoms with van der Waals surface area (Å²) < 4.78 is 5.05. The van der Waals surface area contributed by atoms with Crippen LogP contribution in [0.2, 0.25) is 0 Å². The van der Waals surface area contributed by atoms with Gasteiger partial charge in [-0.2, -0.15) is 0 Å². The summed E-state index contributed by atoms with van der Waals surface area (Å²) in [5.41, 5.74) is 0.485. The largest absolute Gasteiger partial charge is 0.496 e. The molecule has 0 unspecified atom stereocenters. The normalized spacial score (nSPS) is 10.4. The van der Waals surface area contributed by atoms with Crippen molar-refractivity contribution in [1.29, 1.82) is 0 Å². The number of H-pyrrole nitrogens is 1. The number of pyridine rings is 1. The van der Waals surface area contributed by atoms with Gasteiger partial charge >= 0.3 is 5.97 Å². The van der Waals surface area contributed by atoms with Crippen molar-refractivity contribution in [2.45, 2.75) is 0 Å². The summed E-state index contributed by atoms with van der Waals surface area (Å²) in [6.45, 7) is 0. The smallest absolute Gasteiger partial charge is 0.354 e. The van der Waals surface area contributed by atoms with E-state index in [9.17, 15) is 4.79 Å². The predicted octanol–water partition coefficient (Wildman–Crippen LogP) is 1.27. The summed E-state index contributed by atoms with van der Waals surface area (Å²) in [6.07, 6.45) is 1.69. The minimum Gasteiger partial charge on any atom is -0.496 e. The Morgan fingerprint density at radius 1 is 1.64 bits per heavy atom. The summed E-state index contributed by atoms with van der Waals surface area (Å²) in [4.78, 5) is 17.4. The molecule has 0 aliphatic carbocycles. The zero-order valence-corrected chi connectivity index (χ0v) is 7.44. The summed E-state index contributed by atoms with van der Waals surface area (Å²) in [7, 11) is 1.49. The van der Waals surface area contributed by atoms with Crippen LogP contribution >= 0.6 is 0 Å². The third-order valence-corrected chi connectivity index (χ3v) is 1.93. The molecule has 72 valence electrons. The van der Waals surface area contributed by atoms with E-state index in [-0.39, 0.29) is 5.69 Å². The summed E-state index contributed by atoms with van der Waals surface area (Å²) in [5.74, 6) is -0.562. The quantitative estimate of drug-likeness (QED) is 0.751. The maximum Gasteiger partial charge on any atom is 0.354 e. The van der Waals surface area contributed by atoms with Crippen molar-refractivity contribution in [3.05, 3.63) is 24.0 Å². The lowest BCUT2D eigenvalue weighted by molar-refractivity contribution is 0.0690. The Kier molecular flexibility index (Phi) is 1.85. The van der Waals surface area contributed by atoms with E-state index < -0.39 is 5.97 Å². The number of rotatable bonds is 2. The maximum absolute atomic E-state index is 10.7. The summed E-state index contributed by atoms with van der Waals surface area (Å²) in [5, 5.41) is 9.55. The molecule has 5 heteroatoms. The highest BCUT2D eigenvalue weighted by molar-refractivity contribution is 5.92. The van der Waals surface area contributed by atoms with Crippen LogP contribution in [0.3, 0.4) is 0 Å². The van der Waals surface area contributed by atoms with Crippen molar-refractivity contribution in [3.63, 3.8) is 0 Å². The number of carboxylic acid groups (broad SMARTS) is 1. The molecular weight excluding hydrogens is 184 g/mol. The van der Waals surface area contributed by atoms with Crippen LogP contribution in [0.15, 0.2) is 18.3 Å². The number of nitrogens with zero attached hydrogens (tertiary/aromatic N) is 1. The van der Waals surface area contributed by atoms with Crippen molar-refractivity contribution in [1.82, 2.24) is 9.97 Å². The average molecular weight is 192 g/mol. The molecule has 0 bridgehead atoms. The highest BCUT2D eigenvalue weighted by atomic mass is 16.5. The number of carboxylic acids is 1. The van der Waals surface area contributed by atoms with Crippen LogP contribution in [-0.4, -0.2) is 28.2 Å². The molecule has 0 amide bonds. The molecule has 0 spiro atoms. The van der Waals surface area contributed by atoms with Gasteiger partial charge in [-0.05, 0) is 6.07 Å². The van der Waals surface area contributed by atoms with Crippen LogP contribution in [0.5, 0.6) is 5.75 Å². The number of carbonyl (C=O) groups is 1. The topological polar surface area (TPSA) is 75.2 Å². The van der Waals surface area contributed by atoms with Gasteiger partial charge in [-0.3, -0.25) is 0 Å². The van der Waals surface area contributed by atoms with Crippen molar-refractivity contribution in [2.75, 3.05) is 7.11 Å². The molecule has 0 aliphatic heterocycles. The first-order valence-corrected chi connectivity index (χ1v) is 3.98. The molecule has 0 fully saturated rings. The number of methoxy groups -OCH3 is 1. The number of hydrogen-bond acceptors (Lipinski definition) is 3. The Morgan fingerprint density at radius 2 is 2.43 bits per heavy atom. The van der Waals surface area contributed by atoms with Gasteiger partial charge in [0.05, 0.1) is 12.5 Å². The number of aromatic carboxylic acids is 1. The molecule has 0 atom stereocenters. The lowest BCUT2D eigenvalue weighted by atomic mass is 10.2. The summed E-state index contributed by atoms with van der Waals surface area (Å²) >= 11 is 0. The Balaban J connectivity index is 2.73. The molecule has 2 rings (SSSR count). The van der Waals surface area contributed by atoms with Crippen molar-refractivity contribution < 1.29 is 14.6 Å². The van der Waals surface area contributed by atoms with Gasteiger partial charge in [0.2, 0.25) is 0 Å². The fourth-order valence-electron chi connectivity index (χ4n) is 1.29. The van der Waals surface area contributed by atoms with Crippen LogP contribution in [0.4, 0.5) is 0 Å². The highest BCUT2D eigenvalue weighted by Crippen LogP contribution is 2.24. The fraction of sp³-hybridized carbons (Fsp3) is 0.111. The molecule has 0 aromatic carbocycles. The van der Waals surface area contributed by atoms with Crippen LogP contribution in [0.25, 0.3) is 11.0 Å². The Hall–Kier alpha value is -2.04. The van der Waals surface area contributed by atoms with Gasteiger partial charge in [-0.15, -0.1) is 0 Å². The maximum atomic E-state index is 10.7. The lowest BCUT2D eigenvalue weighted by Gasteiger charge is -2.02. The van der Waals surface area contributed by atoms with Crippen LogP contribution in [0, 0.1) is 0 Å². The monoisotopic (exact) mass is 192 g/mol. The number of nitrogens with one attached hydrogen (secondary N) is 1. The molecule has 2 heterocycles. The second-order valence-electron chi connectivity index (χ2n) is 2.75. The summed E-state index contributed by atoms with van der Waals surface area (Å²) in [6, 6.07) is 3.19. The van der Waals surface area contributed by atoms with E-state index in [2.05, 4.69) is 9.97 Å². The van der Waals surface area contributed by atoms with E-state index in [4.69, 9.17) is 9.84 Å². The fourth-order valence-corrected chi connectivity index (χ4v) is 1.29. The van der Waals surface area contributed by atoms with Crippen LogP contribution in [-0.2, 0) is 0 Å². The van der Waals surface area contributed by atoms with Gasteiger partial charge in [0.25, 0.3) is 0 Å². The first kappa shape index (κ1) is 8.55. The first-order chi connectivity index (χ1) is 6.72. The lowest BCUT2D eigenvalue weighted by Crippen LogP contribution is -2.01. The van der Waals surface area contributed by atoms with E-state index in [0.29, 0.717) is 11.4 Å². The molecular formula is C9H8N2O3. The van der Waals surface area contributed by atoms with Crippen LogP contribution < -0.4 is 4.74 Å². The molecule has 2 aromatic rings. The number of ether oxygens (including phenoxy) is 1. The predicted molar refractivity (Wildman–Crippen MR) is 49.6 cm³/mol. The molecule has 0 aliphatic rings. The van der Waals surface area contributed by atoms with Crippen molar-refractivity contribution in [2.24, 2.45) is 0 Å². The standard InChI is InChI=1S/C9H8N2O3/c1-14-7-4-6(9(12)13)11-8-5(7)2-3-10-8/h2-4H,1H3,(H,10,11)(H,12,13).